The number of hydrogen-bond acceptors (Lipinski definition) is 3. The predicted octanol–water partition coefficient (Wildman–Crippen LogP) is 3.30. The van der Waals surface area contributed by atoms with Gasteiger partial charge < -0.3 is 15.2 Å². The van der Waals surface area contributed by atoms with Crippen LogP contribution in [0.2, 0.25) is 10.0 Å². The first-order valence-corrected chi connectivity index (χ1v) is 7.26. The summed E-state index contributed by atoms with van der Waals surface area (Å²) in [5, 5.41) is 1.15. The van der Waals surface area contributed by atoms with Crippen LogP contribution in [0, 0.1) is 5.92 Å². The molecule has 1 aromatic rings. The average molecular weight is 304 g/mol. The molecule has 0 aromatic heterocycles. The first kappa shape index (κ1) is 14.9. The van der Waals surface area contributed by atoms with Crippen molar-refractivity contribution in [3.63, 3.8) is 0 Å². The van der Waals surface area contributed by atoms with Crippen molar-refractivity contribution in [1.82, 2.24) is 0 Å². The Morgan fingerprint density at radius 1 is 1.47 bits per heavy atom. The molecule has 0 radical (unpaired) electrons. The molecule has 0 bridgehead atoms. The number of rotatable bonds is 5. The predicted molar refractivity (Wildman–Crippen MR) is 78.2 cm³/mol. The zero-order chi connectivity index (χ0) is 13.8. The molecular formula is C14H19Cl2NO2. The SMILES string of the molecule is CC(N)Cc1cc(Cl)cc(Cl)c1OCC1CCOC1. The lowest BCUT2D eigenvalue weighted by molar-refractivity contribution is 0.166. The maximum atomic E-state index is 6.22. The summed E-state index contributed by atoms with van der Waals surface area (Å²) in [6.07, 6.45) is 1.73. The molecular weight excluding hydrogens is 285 g/mol. The van der Waals surface area contributed by atoms with Crippen LogP contribution < -0.4 is 10.5 Å². The van der Waals surface area contributed by atoms with Gasteiger partial charge in [0.1, 0.15) is 5.75 Å². The third-order valence-electron chi connectivity index (χ3n) is 3.11. The van der Waals surface area contributed by atoms with E-state index < -0.39 is 0 Å². The van der Waals surface area contributed by atoms with Crippen molar-refractivity contribution in [2.45, 2.75) is 25.8 Å². The summed E-state index contributed by atoms with van der Waals surface area (Å²) in [7, 11) is 0. The summed E-state index contributed by atoms with van der Waals surface area (Å²) in [6, 6.07) is 3.61. The van der Waals surface area contributed by atoms with Crippen LogP contribution in [-0.2, 0) is 11.2 Å². The molecule has 2 rings (SSSR count). The molecule has 0 spiro atoms. The fourth-order valence-corrected chi connectivity index (χ4v) is 2.78. The average Bonchev–Trinajstić information content (AvgIpc) is 2.79. The van der Waals surface area contributed by atoms with E-state index in [0.717, 1.165) is 25.2 Å². The third-order valence-corrected chi connectivity index (χ3v) is 3.61. The quantitative estimate of drug-likeness (QED) is 0.908. The maximum Gasteiger partial charge on any atom is 0.141 e. The second kappa shape index (κ2) is 6.80. The van der Waals surface area contributed by atoms with Crippen molar-refractivity contribution in [2.75, 3.05) is 19.8 Å². The van der Waals surface area contributed by atoms with Crippen molar-refractivity contribution in [3.05, 3.63) is 27.7 Å². The second-order valence-electron chi connectivity index (χ2n) is 5.10. The van der Waals surface area contributed by atoms with E-state index in [1.165, 1.54) is 0 Å². The lowest BCUT2D eigenvalue weighted by Crippen LogP contribution is -2.19. The standard InChI is InChI=1S/C14H19Cl2NO2/c1-9(17)4-11-5-12(15)6-13(16)14(11)19-8-10-2-3-18-7-10/h5-6,9-10H,2-4,7-8,17H2,1H3. The Hall–Kier alpha value is -0.480. The first-order valence-electron chi connectivity index (χ1n) is 6.50. The summed E-state index contributed by atoms with van der Waals surface area (Å²) in [5.41, 5.74) is 6.81. The van der Waals surface area contributed by atoms with Gasteiger partial charge in [-0.25, -0.2) is 0 Å². The minimum Gasteiger partial charge on any atom is -0.491 e. The Morgan fingerprint density at radius 2 is 2.26 bits per heavy atom. The highest BCUT2D eigenvalue weighted by molar-refractivity contribution is 6.35. The molecule has 1 aromatic carbocycles. The third kappa shape index (κ3) is 4.25. The molecule has 106 valence electrons. The van der Waals surface area contributed by atoms with E-state index in [2.05, 4.69) is 0 Å². The Balaban J connectivity index is 2.11. The summed E-state index contributed by atoms with van der Waals surface area (Å²) < 4.78 is 11.2. The number of halogens is 2. The van der Waals surface area contributed by atoms with Gasteiger partial charge in [0.15, 0.2) is 0 Å². The first-order chi connectivity index (χ1) is 9.06. The van der Waals surface area contributed by atoms with Gasteiger partial charge in [-0.3, -0.25) is 0 Å². The van der Waals surface area contributed by atoms with Crippen LogP contribution in [0.1, 0.15) is 18.9 Å². The van der Waals surface area contributed by atoms with E-state index in [1.54, 1.807) is 6.07 Å². The molecule has 1 aliphatic rings. The Kier molecular flexibility index (Phi) is 5.34. The number of nitrogens with two attached hydrogens (primary N) is 1. The highest BCUT2D eigenvalue weighted by atomic mass is 35.5. The zero-order valence-electron chi connectivity index (χ0n) is 11.0. The normalized spacial score (nSPS) is 20.5. The van der Waals surface area contributed by atoms with E-state index in [0.29, 0.717) is 34.7 Å². The Morgan fingerprint density at radius 3 is 2.89 bits per heavy atom. The molecule has 1 fully saturated rings. The lowest BCUT2D eigenvalue weighted by Gasteiger charge is -2.17. The summed E-state index contributed by atoms with van der Waals surface area (Å²) in [5.74, 6) is 1.14. The van der Waals surface area contributed by atoms with Crippen molar-refractivity contribution >= 4 is 23.2 Å². The Labute approximate surface area is 124 Å². The van der Waals surface area contributed by atoms with Crippen LogP contribution in [0.25, 0.3) is 0 Å². The summed E-state index contributed by atoms with van der Waals surface area (Å²) in [4.78, 5) is 0. The van der Waals surface area contributed by atoms with Gasteiger partial charge in [0.2, 0.25) is 0 Å². The fraction of sp³-hybridized carbons (Fsp3) is 0.571. The van der Waals surface area contributed by atoms with E-state index in [9.17, 15) is 0 Å². The topological polar surface area (TPSA) is 44.5 Å². The largest absolute Gasteiger partial charge is 0.491 e. The molecule has 1 saturated heterocycles. The van der Waals surface area contributed by atoms with Crippen LogP contribution in [0.4, 0.5) is 0 Å². The zero-order valence-corrected chi connectivity index (χ0v) is 12.5. The van der Waals surface area contributed by atoms with Gasteiger partial charge in [0.05, 0.1) is 18.2 Å². The number of ether oxygens (including phenoxy) is 2. The van der Waals surface area contributed by atoms with E-state index >= 15 is 0 Å². The van der Waals surface area contributed by atoms with Gasteiger partial charge in [0.25, 0.3) is 0 Å². The summed E-state index contributed by atoms with van der Waals surface area (Å²) >= 11 is 12.3. The van der Waals surface area contributed by atoms with Crippen molar-refractivity contribution in [1.29, 1.82) is 0 Å². The van der Waals surface area contributed by atoms with Gasteiger partial charge in [-0.1, -0.05) is 23.2 Å². The van der Waals surface area contributed by atoms with Gasteiger partial charge >= 0.3 is 0 Å². The number of benzene rings is 1. The Bertz CT molecular complexity index is 432. The van der Waals surface area contributed by atoms with E-state index in [-0.39, 0.29) is 6.04 Å². The summed E-state index contributed by atoms with van der Waals surface area (Å²) in [6.45, 7) is 4.14. The van der Waals surface area contributed by atoms with Crippen molar-refractivity contribution < 1.29 is 9.47 Å². The van der Waals surface area contributed by atoms with Crippen molar-refractivity contribution in [3.8, 4) is 5.75 Å². The molecule has 2 unspecified atom stereocenters. The molecule has 0 aliphatic carbocycles. The molecule has 1 aliphatic heterocycles. The second-order valence-corrected chi connectivity index (χ2v) is 5.94. The monoisotopic (exact) mass is 303 g/mol. The molecule has 2 N–H and O–H groups in total. The van der Waals surface area contributed by atoms with Crippen LogP contribution >= 0.6 is 23.2 Å². The smallest absolute Gasteiger partial charge is 0.141 e. The minimum atomic E-state index is 0.0340. The lowest BCUT2D eigenvalue weighted by atomic mass is 10.1. The molecule has 2 atom stereocenters. The maximum absolute atomic E-state index is 6.22. The number of hydrogen-bond donors (Lipinski definition) is 1. The molecule has 3 nitrogen and oxygen atoms in total. The van der Waals surface area contributed by atoms with Gasteiger partial charge in [-0.15, -0.1) is 0 Å². The van der Waals surface area contributed by atoms with E-state index in [1.807, 2.05) is 13.0 Å². The van der Waals surface area contributed by atoms with Crippen LogP contribution in [0.5, 0.6) is 5.75 Å². The van der Waals surface area contributed by atoms with Crippen LogP contribution in [0.15, 0.2) is 12.1 Å². The van der Waals surface area contributed by atoms with Gasteiger partial charge in [0, 0.05) is 23.6 Å². The minimum absolute atomic E-state index is 0.0340. The molecule has 0 saturated carbocycles. The van der Waals surface area contributed by atoms with E-state index in [4.69, 9.17) is 38.4 Å². The fourth-order valence-electron chi connectivity index (χ4n) is 2.19. The molecule has 1 heterocycles. The molecule has 0 amide bonds. The van der Waals surface area contributed by atoms with Crippen LogP contribution in [-0.4, -0.2) is 25.9 Å². The molecule has 19 heavy (non-hydrogen) atoms. The highest BCUT2D eigenvalue weighted by Crippen LogP contribution is 2.33. The van der Waals surface area contributed by atoms with Crippen molar-refractivity contribution in [2.24, 2.45) is 11.7 Å². The van der Waals surface area contributed by atoms with Gasteiger partial charge in [-0.2, -0.15) is 0 Å². The molecule has 5 heteroatoms. The van der Waals surface area contributed by atoms with Crippen LogP contribution in [0.3, 0.4) is 0 Å². The highest BCUT2D eigenvalue weighted by Gasteiger charge is 2.18. The van der Waals surface area contributed by atoms with Gasteiger partial charge in [-0.05, 0) is 37.5 Å².